The van der Waals surface area contributed by atoms with Crippen LogP contribution in [0.2, 0.25) is 0 Å². The minimum absolute atomic E-state index is 0.365. The van der Waals surface area contributed by atoms with Crippen molar-refractivity contribution in [1.29, 1.82) is 0 Å². The van der Waals surface area contributed by atoms with Crippen LogP contribution in [0.25, 0.3) is 0 Å². The van der Waals surface area contributed by atoms with E-state index in [1.165, 1.54) is 11.1 Å². The van der Waals surface area contributed by atoms with Gasteiger partial charge in [-0.3, -0.25) is 0 Å². The monoisotopic (exact) mass is 1060 g/mol. The van der Waals surface area contributed by atoms with Gasteiger partial charge in [0.1, 0.15) is 60.7 Å². The number of aromatic nitrogens is 4. The largest absolute Gasteiger partial charge is 0.466 e. The van der Waals surface area contributed by atoms with Gasteiger partial charge >= 0.3 is 0 Å². The third-order valence-electron chi connectivity index (χ3n) is 13.2. The molecule has 1 aliphatic rings. The van der Waals surface area contributed by atoms with E-state index >= 15 is 0 Å². The normalized spacial score (nSPS) is 15.0. The molecule has 0 amide bonds. The van der Waals surface area contributed by atoms with Gasteiger partial charge in [0.15, 0.2) is 0 Å². The summed E-state index contributed by atoms with van der Waals surface area (Å²) in [6.07, 6.45) is 30.5. The highest BCUT2D eigenvalue weighted by atomic mass is 16.5. The standard InChI is InChI=1S/C66H92N8O4/c1-17-65-57(35-67-45-69-65)31-53-19-23-55(24-20-53)33-63-39-73(15)59(27-47(3)4)41-75-52(12)38-72(14)62(30-50(9)10)44-78-64(34-56-25-21-54(22-26-56)32-58-36-68-46-70-66(58)18-2)40-74(16)60(28-48(5)6)42-76-51(11)37-71(13)61(43-77-63)29-49(7)8/h19-26,35-50H,17-18,27-34H2,1-16H3. The molecule has 12 heteroatoms. The molecule has 0 atom stereocenters. The first kappa shape index (κ1) is 61.8. The summed E-state index contributed by atoms with van der Waals surface area (Å²) in [5.74, 6) is 4.52. The van der Waals surface area contributed by atoms with Crippen molar-refractivity contribution in [2.45, 2.75) is 147 Å². The first-order valence-electron chi connectivity index (χ1n) is 28.1. The van der Waals surface area contributed by atoms with Crippen molar-refractivity contribution in [3.8, 4) is 0 Å². The predicted molar refractivity (Wildman–Crippen MR) is 318 cm³/mol. The van der Waals surface area contributed by atoms with Gasteiger partial charge in [-0.05, 0) is 109 Å². The van der Waals surface area contributed by atoms with Crippen LogP contribution in [0.3, 0.4) is 0 Å². The second-order valence-corrected chi connectivity index (χ2v) is 22.5. The van der Waals surface area contributed by atoms with Crippen LogP contribution >= 0.6 is 0 Å². The lowest BCUT2D eigenvalue weighted by Gasteiger charge is -2.25. The molecule has 3 heterocycles. The van der Waals surface area contributed by atoms with Crippen LogP contribution in [0.1, 0.15) is 154 Å². The zero-order valence-electron chi connectivity index (χ0n) is 50.1. The summed E-state index contributed by atoms with van der Waals surface area (Å²) in [7, 11) is 8.26. The van der Waals surface area contributed by atoms with Crippen LogP contribution in [0.4, 0.5) is 0 Å². The summed E-state index contributed by atoms with van der Waals surface area (Å²) in [5.41, 5.74) is 13.2. The van der Waals surface area contributed by atoms with Gasteiger partial charge in [-0.15, -0.1) is 0 Å². The average Bonchev–Trinajstić information content (AvgIpc) is 3.40. The Morgan fingerprint density at radius 3 is 0.974 bits per heavy atom. The first-order valence-corrected chi connectivity index (χ1v) is 28.1. The van der Waals surface area contributed by atoms with E-state index in [0.717, 1.165) is 131 Å². The molecule has 420 valence electrons. The lowest BCUT2D eigenvalue weighted by Crippen LogP contribution is -2.17. The molecule has 0 spiro atoms. The molecular formula is C66H92N8O4. The number of allylic oxidation sites excluding steroid dienone is 8. The van der Waals surface area contributed by atoms with E-state index in [1.807, 2.05) is 63.7 Å². The summed E-state index contributed by atoms with van der Waals surface area (Å²) in [6.45, 7) is 26.1. The molecule has 5 rings (SSSR count). The maximum atomic E-state index is 6.82. The van der Waals surface area contributed by atoms with Crippen LogP contribution < -0.4 is 0 Å². The zero-order valence-corrected chi connectivity index (χ0v) is 50.1. The molecule has 2 aromatic carbocycles. The molecule has 1 aliphatic heterocycles. The van der Waals surface area contributed by atoms with Crippen molar-refractivity contribution in [2.75, 3.05) is 28.2 Å². The fraction of sp³-hybridized carbons (Fsp3) is 0.455. The van der Waals surface area contributed by atoms with Gasteiger partial charge in [0.2, 0.25) is 0 Å². The van der Waals surface area contributed by atoms with Gasteiger partial charge in [0.05, 0.1) is 22.8 Å². The molecule has 12 nitrogen and oxygen atoms in total. The summed E-state index contributed by atoms with van der Waals surface area (Å²) in [5, 5.41) is 0. The number of hydrogen-bond acceptors (Lipinski definition) is 12. The molecule has 78 heavy (non-hydrogen) atoms. The van der Waals surface area contributed by atoms with E-state index < -0.39 is 0 Å². The summed E-state index contributed by atoms with van der Waals surface area (Å²) >= 11 is 0. The Labute approximate surface area is 469 Å². The van der Waals surface area contributed by atoms with Crippen LogP contribution in [-0.2, 0) is 57.5 Å². The molecular weight excluding hydrogens is 969 g/mol. The van der Waals surface area contributed by atoms with Gasteiger partial charge in [0.25, 0.3) is 0 Å². The number of benzene rings is 2. The lowest BCUT2D eigenvalue weighted by molar-refractivity contribution is 0.287. The van der Waals surface area contributed by atoms with Crippen LogP contribution in [0.15, 0.2) is 169 Å². The minimum atomic E-state index is 0.365. The minimum Gasteiger partial charge on any atom is -0.466 e. The maximum absolute atomic E-state index is 6.82. The Bertz CT molecular complexity index is 2560. The van der Waals surface area contributed by atoms with E-state index in [2.05, 4.69) is 198 Å². The van der Waals surface area contributed by atoms with Crippen molar-refractivity contribution in [3.05, 3.63) is 214 Å². The molecule has 0 radical (unpaired) electrons. The summed E-state index contributed by atoms with van der Waals surface area (Å²) < 4.78 is 26.7. The van der Waals surface area contributed by atoms with Crippen molar-refractivity contribution in [3.63, 3.8) is 0 Å². The molecule has 4 aromatic rings. The van der Waals surface area contributed by atoms with E-state index in [9.17, 15) is 0 Å². The first-order chi connectivity index (χ1) is 37.3. The van der Waals surface area contributed by atoms with Crippen LogP contribution in [-0.4, -0.2) is 67.7 Å². The smallest absolute Gasteiger partial charge is 0.124 e. The van der Waals surface area contributed by atoms with E-state index in [-0.39, 0.29) is 0 Å². The van der Waals surface area contributed by atoms with E-state index in [1.54, 1.807) is 12.7 Å². The molecule has 0 unspecified atom stereocenters. The van der Waals surface area contributed by atoms with E-state index in [4.69, 9.17) is 18.9 Å². The predicted octanol–water partition coefficient (Wildman–Crippen LogP) is 15.1. The van der Waals surface area contributed by atoms with Crippen molar-refractivity contribution in [2.24, 2.45) is 23.7 Å². The summed E-state index contributed by atoms with van der Waals surface area (Å²) in [6, 6.07) is 17.6. The van der Waals surface area contributed by atoms with Gasteiger partial charge in [-0.25, -0.2) is 19.9 Å². The second-order valence-electron chi connectivity index (χ2n) is 22.5. The molecule has 0 N–H and O–H groups in total. The fourth-order valence-electron chi connectivity index (χ4n) is 9.08. The molecule has 0 saturated heterocycles. The van der Waals surface area contributed by atoms with Crippen LogP contribution in [0, 0.1) is 23.7 Å². The SMILES string of the molecule is CCc1ncncc1Cc1ccc(CC2=CN(C)C(CC(C)C)=COC(C)=CN(C)C(CC(C)C)=COC(Cc3ccc(Cc4cncnc4CC)cc3)=CN(C)C(CC(C)C)=COC(C)=CN(C)C(CC(C)C)=CO2)cc1. The highest BCUT2D eigenvalue weighted by molar-refractivity contribution is 5.33. The third kappa shape index (κ3) is 21.0. The van der Waals surface area contributed by atoms with Gasteiger partial charge in [-0.2, -0.15) is 0 Å². The van der Waals surface area contributed by atoms with Gasteiger partial charge in [0, 0.05) is 102 Å². The average molecular weight is 1060 g/mol. The Morgan fingerprint density at radius 1 is 0.397 bits per heavy atom. The van der Waals surface area contributed by atoms with Crippen LogP contribution in [0.5, 0.6) is 0 Å². The van der Waals surface area contributed by atoms with Crippen molar-refractivity contribution in [1.82, 2.24) is 39.5 Å². The van der Waals surface area contributed by atoms with Gasteiger partial charge in [-0.1, -0.05) is 118 Å². The van der Waals surface area contributed by atoms with E-state index in [0.29, 0.717) is 36.5 Å². The van der Waals surface area contributed by atoms with Gasteiger partial charge < -0.3 is 38.5 Å². The van der Waals surface area contributed by atoms with Crippen molar-refractivity contribution >= 4 is 0 Å². The Morgan fingerprint density at radius 2 is 0.679 bits per heavy atom. The molecule has 0 saturated carbocycles. The molecule has 0 fully saturated rings. The maximum Gasteiger partial charge on any atom is 0.124 e. The Balaban J connectivity index is 1.57. The number of hydrogen-bond donors (Lipinski definition) is 0. The number of aryl methyl sites for hydroxylation is 2. The zero-order chi connectivity index (χ0) is 56.7. The molecule has 0 bridgehead atoms. The highest BCUT2D eigenvalue weighted by Gasteiger charge is 2.16. The third-order valence-corrected chi connectivity index (χ3v) is 13.2. The second kappa shape index (κ2) is 31.4. The Kier molecular flexibility index (Phi) is 24.8. The molecule has 2 aromatic heterocycles. The number of nitrogens with zero attached hydrogens (tertiary/aromatic N) is 8. The quantitative estimate of drug-likeness (QED) is 0.0948. The number of ether oxygens (including phenoxy) is 4. The number of rotatable bonds is 18. The Hall–Kier alpha value is -7.08. The molecule has 0 aliphatic carbocycles. The summed E-state index contributed by atoms with van der Waals surface area (Å²) in [4.78, 5) is 26.1. The topological polar surface area (TPSA) is 101 Å². The lowest BCUT2D eigenvalue weighted by atomic mass is 10.0. The highest BCUT2D eigenvalue weighted by Crippen LogP contribution is 2.26. The van der Waals surface area contributed by atoms with Crippen molar-refractivity contribution < 1.29 is 18.9 Å². The fourth-order valence-corrected chi connectivity index (χ4v) is 9.08.